The van der Waals surface area contributed by atoms with Gasteiger partial charge in [0, 0.05) is 19.7 Å². The number of rotatable bonds is 7. The van der Waals surface area contributed by atoms with E-state index in [9.17, 15) is 4.79 Å². The maximum atomic E-state index is 12.5. The van der Waals surface area contributed by atoms with Crippen molar-refractivity contribution >= 4 is 11.8 Å². The van der Waals surface area contributed by atoms with Crippen molar-refractivity contribution in [3.63, 3.8) is 0 Å². The van der Waals surface area contributed by atoms with Gasteiger partial charge in [-0.05, 0) is 44.5 Å². The van der Waals surface area contributed by atoms with Gasteiger partial charge < -0.3 is 9.80 Å². The summed E-state index contributed by atoms with van der Waals surface area (Å²) < 4.78 is 1.82. The molecule has 2 aromatic rings. The molecule has 1 saturated heterocycles. The molecule has 1 aliphatic rings. The van der Waals surface area contributed by atoms with Gasteiger partial charge in [0.25, 0.3) is 0 Å². The molecule has 6 heteroatoms. The third kappa shape index (κ3) is 6.10. The number of carbonyl (C=O) groups excluding carboxylic acids is 1. The van der Waals surface area contributed by atoms with Crippen LogP contribution in [-0.4, -0.2) is 58.8 Å². The average molecular weight is 370 g/mol. The summed E-state index contributed by atoms with van der Waals surface area (Å²) in [5.74, 6) is 0.725. The molecule has 0 atom stereocenters. The number of nitrogens with one attached hydrogen (secondary N) is 1. The Morgan fingerprint density at radius 1 is 1.11 bits per heavy atom. The molecule has 2 heterocycles. The standard InChI is InChI=1S/C21H31N5O/c1-24(14-9-17-25-15-7-2-3-8-16-25)21(27)23-20-12-13-22-26(20)18-19-10-5-4-6-11-19/h4-6,10-13H,2-3,7-9,14-18H2,1H3,(H,23,27). The summed E-state index contributed by atoms with van der Waals surface area (Å²) in [6.45, 7) is 4.88. The van der Waals surface area contributed by atoms with Crippen molar-refractivity contribution in [2.24, 2.45) is 0 Å². The van der Waals surface area contributed by atoms with Crippen molar-refractivity contribution in [2.75, 3.05) is 38.5 Å². The van der Waals surface area contributed by atoms with Crippen LogP contribution in [0.3, 0.4) is 0 Å². The smallest absolute Gasteiger partial charge is 0.322 e. The Morgan fingerprint density at radius 2 is 1.85 bits per heavy atom. The summed E-state index contributed by atoms with van der Waals surface area (Å²) in [5, 5.41) is 7.32. The molecule has 1 aliphatic heterocycles. The molecule has 1 aromatic heterocycles. The summed E-state index contributed by atoms with van der Waals surface area (Å²) in [5.41, 5.74) is 1.16. The van der Waals surface area contributed by atoms with Crippen molar-refractivity contribution < 1.29 is 4.79 Å². The summed E-state index contributed by atoms with van der Waals surface area (Å²) in [4.78, 5) is 16.8. The fourth-order valence-electron chi connectivity index (χ4n) is 3.52. The molecule has 3 rings (SSSR count). The molecular weight excluding hydrogens is 338 g/mol. The van der Waals surface area contributed by atoms with E-state index in [2.05, 4.69) is 27.4 Å². The van der Waals surface area contributed by atoms with E-state index in [0.29, 0.717) is 6.54 Å². The first-order valence-corrected chi connectivity index (χ1v) is 10.0. The number of benzene rings is 1. The number of hydrogen-bond donors (Lipinski definition) is 1. The van der Waals surface area contributed by atoms with Crippen LogP contribution < -0.4 is 5.32 Å². The van der Waals surface area contributed by atoms with Crippen LogP contribution in [0.2, 0.25) is 0 Å². The molecule has 0 bridgehead atoms. The van der Waals surface area contributed by atoms with Gasteiger partial charge in [-0.1, -0.05) is 43.2 Å². The van der Waals surface area contributed by atoms with Crippen molar-refractivity contribution in [2.45, 2.75) is 38.6 Å². The lowest BCUT2D eigenvalue weighted by atomic mass is 10.2. The average Bonchev–Trinajstić information content (AvgIpc) is 2.94. The van der Waals surface area contributed by atoms with Crippen LogP contribution in [0.4, 0.5) is 10.6 Å². The molecule has 27 heavy (non-hydrogen) atoms. The number of urea groups is 1. The minimum atomic E-state index is -0.0827. The lowest BCUT2D eigenvalue weighted by molar-refractivity contribution is 0.215. The topological polar surface area (TPSA) is 53.4 Å². The highest BCUT2D eigenvalue weighted by Gasteiger charge is 2.13. The van der Waals surface area contributed by atoms with E-state index in [1.165, 1.54) is 38.8 Å². The number of likely N-dealkylation sites (tertiary alicyclic amines) is 1. The molecule has 1 aromatic carbocycles. The highest BCUT2D eigenvalue weighted by molar-refractivity contribution is 5.88. The van der Waals surface area contributed by atoms with Gasteiger partial charge in [0.05, 0.1) is 12.7 Å². The Labute approximate surface area is 162 Å². The number of aromatic nitrogens is 2. The first-order valence-electron chi connectivity index (χ1n) is 10.0. The number of nitrogens with zero attached hydrogens (tertiary/aromatic N) is 4. The summed E-state index contributed by atoms with van der Waals surface area (Å²) in [7, 11) is 1.86. The Morgan fingerprint density at radius 3 is 2.59 bits per heavy atom. The van der Waals surface area contributed by atoms with Crippen LogP contribution >= 0.6 is 0 Å². The molecule has 6 nitrogen and oxygen atoms in total. The summed E-state index contributed by atoms with van der Waals surface area (Å²) >= 11 is 0. The van der Waals surface area contributed by atoms with Crippen LogP contribution in [0.1, 0.15) is 37.7 Å². The van der Waals surface area contributed by atoms with Crippen LogP contribution in [0.15, 0.2) is 42.6 Å². The van der Waals surface area contributed by atoms with E-state index in [4.69, 9.17) is 0 Å². The van der Waals surface area contributed by atoms with Crippen molar-refractivity contribution in [1.82, 2.24) is 19.6 Å². The fourth-order valence-corrected chi connectivity index (χ4v) is 3.52. The minimum Gasteiger partial charge on any atom is -0.328 e. The number of anilines is 1. The zero-order valence-electron chi connectivity index (χ0n) is 16.3. The van der Waals surface area contributed by atoms with E-state index in [1.807, 2.05) is 36.0 Å². The molecule has 0 aliphatic carbocycles. The molecule has 0 saturated carbocycles. The van der Waals surface area contributed by atoms with Gasteiger partial charge in [0.1, 0.15) is 5.82 Å². The molecule has 1 N–H and O–H groups in total. The van der Waals surface area contributed by atoms with Gasteiger partial charge in [-0.25, -0.2) is 9.48 Å². The summed E-state index contributed by atoms with van der Waals surface area (Å²) in [6.07, 6.45) is 8.06. The molecule has 146 valence electrons. The molecule has 2 amide bonds. The third-order valence-electron chi connectivity index (χ3n) is 5.14. The van der Waals surface area contributed by atoms with E-state index < -0.39 is 0 Å². The van der Waals surface area contributed by atoms with Crippen LogP contribution in [0.5, 0.6) is 0 Å². The van der Waals surface area contributed by atoms with Crippen LogP contribution in [-0.2, 0) is 6.54 Å². The first-order chi connectivity index (χ1) is 13.2. The van der Waals surface area contributed by atoms with Gasteiger partial charge in [0.15, 0.2) is 0 Å². The maximum Gasteiger partial charge on any atom is 0.322 e. The largest absolute Gasteiger partial charge is 0.328 e. The van der Waals surface area contributed by atoms with Crippen molar-refractivity contribution in [3.05, 3.63) is 48.2 Å². The normalized spacial score (nSPS) is 15.3. The Bertz CT molecular complexity index is 692. The number of amides is 2. The van der Waals surface area contributed by atoms with Crippen molar-refractivity contribution in [3.8, 4) is 0 Å². The van der Waals surface area contributed by atoms with Crippen molar-refractivity contribution in [1.29, 1.82) is 0 Å². The predicted molar refractivity (Wildman–Crippen MR) is 109 cm³/mol. The van der Waals surface area contributed by atoms with Gasteiger partial charge in [-0.15, -0.1) is 0 Å². The van der Waals surface area contributed by atoms with Gasteiger partial charge in [-0.3, -0.25) is 5.32 Å². The second-order valence-corrected chi connectivity index (χ2v) is 7.32. The Balaban J connectivity index is 1.45. The first kappa shape index (κ1) is 19.4. The van der Waals surface area contributed by atoms with Gasteiger partial charge >= 0.3 is 6.03 Å². The molecule has 1 fully saturated rings. The van der Waals surface area contributed by atoms with E-state index >= 15 is 0 Å². The van der Waals surface area contributed by atoms with Crippen LogP contribution in [0, 0.1) is 0 Å². The maximum absolute atomic E-state index is 12.5. The molecule has 0 unspecified atom stereocenters. The van der Waals surface area contributed by atoms with E-state index in [-0.39, 0.29) is 6.03 Å². The Kier molecular flexibility index (Phi) is 7.27. The monoisotopic (exact) mass is 369 g/mol. The highest BCUT2D eigenvalue weighted by Crippen LogP contribution is 2.12. The molecule has 0 spiro atoms. The zero-order chi connectivity index (χ0) is 18.9. The van der Waals surface area contributed by atoms with Crippen LogP contribution in [0.25, 0.3) is 0 Å². The SMILES string of the molecule is CN(CCCN1CCCCCC1)C(=O)Nc1ccnn1Cc1ccccc1. The van der Waals surface area contributed by atoms with E-state index in [0.717, 1.165) is 30.9 Å². The van der Waals surface area contributed by atoms with E-state index in [1.54, 1.807) is 11.1 Å². The van der Waals surface area contributed by atoms with Gasteiger partial charge in [-0.2, -0.15) is 5.10 Å². The second-order valence-electron chi connectivity index (χ2n) is 7.32. The number of carbonyl (C=O) groups is 1. The Hall–Kier alpha value is -2.34. The molecular formula is C21H31N5O. The van der Waals surface area contributed by atoms with Gasteiger partial charge in [0.2, 0.25) is 0 Å². The quantitative estimate of drug-likeness (QED) is 0.810. The lowest BCUT2D eigenvalue weighted by Gasteiger charge is -2.22. The minimum absolute atomic E-state index is 0.0827. The zero-order valence-corrected chi connectivity index (χ0v) is 16.3. The second kappa shape index (κ2) is 10.1. The lowest BCUT2D eigenvalue weighted by Crippen LogP contribution is -2.35. The highest BCUT2D eigenvalue weighted by atomic mass is 16.2. The number of hydrogen-bond acceptors (Lipinski definition) is 3. The third-order valence-corrected chi connectivity index (χ3v) is 5.14. The predicted octanol–water partition coefficient (Wildman–Crippen LogP) is 3.66. The molecule has 0 radical (unpaired) electrons. The fraction of sp³-hybridized carbons (Fsp3) is 0.524. The summed E-state index contributed by atoms with van der Waals surface area (Å²) in [6, 6.07) is 11.9.